The van der Waals surface area contributed by atoms with Gasteiger partial charge in [0.05, 0.1) is 25.8 Å². The summed E-state index contributed by atoms with van der Waals surface area (Å²) in [5.74, 6) is 1.61. The van der Waals surface area contributed by atoms with Crippen LogP contribution in [0.5, 0.6) is 11.5 Å². The molecule has 194 valence electrons. The van der Waals surface area contributed by atoms with Crippen molar-refractivity contribution in [2.75, 3.05) is 26.9 Å². The second-order valence-electron chi connectivity index (χ2n) is 10.5. The van der Waals surface area contributed by atoms with Crippen molar-refractivity contribution in [1.29, 1.82) is 0 Å². The lowest BCUT2D eigenvalue weighted by atomic mass is 10.1. The van der Waals surface area contributed by atoms with Crippen LogP contribution in [0.3, 0.4) is 0 Å². The fraction of sp³-hybridized carbons (Fsp3) is 0.519. The number of methoxy groups -OCH3 is 1. The predicted octanol–water partition coefficient (Wildman–Crippen LogP) is 5.69. The van der Waals surface area contributed by atoms with Crippen LogP contribution in [0.4, 0.5) is 0 Å². The van der Waals surface area contributed by atoms with Gasteiger partial charge in [0.15, 0.2) is 0 Å². The third-order valence-electron chi connectivity index (χ3n) is 6.41. The van der Waals surface area contributed by atoms with Crippen molar-refractivity contribution in [2.45, 2.75) is 59.1 Å². The van der Waals surface area contributed by atoms with Crippen molar-refractivity contribution < 1.29 is 23.7 Å². The van der Waals surface area contributed by atoms with E-state index in [9.17, 15) is 4.79 Å². The maximum Gasteiger partial charge on any atom is 0.342 e. The molecule has 0 saturated heterocycles. The molecule has 36 heavy (non-hydrogen) atoms. The first kappa shape index (κ1) is 26.2. The Morgan fingerprint density at radius 2 is 1.97 bits per heavy atom. The minimum atomic E-state index is -1.24. The third kappa shape index (κ3) is 5.90. The first-order valence-electron chi connectivity index (χ1n) is 12.6. The normalized spacial score (nSPS) is 13.7. The van der Waals surface area contributed by atoms with Gasteiger partial charge in [0.2, 0.25) is 0 Å². The van der Waals surface area contributed by atoms with Crippen molar-refractivity contribution in [3.8, 4) is 22.8 Å². The Balaban J connectivity index is 1.82. The molecular formula is C27H37N3O5Si. The summed E-state index contributed by atoms with van der Waals surface area (Å²) in [6.45, 7) is 12.6. The van der Waals surface area contributed by atoms with Crippen LogP contribution in [-0.4, -0.2) is 55.5 Å². The van der Waals surface area contributed by atoms with Gasteiger partial charge in [-0.25, -0.2) is 14.8 Å². The first-order chi connectivity index (χ1) is 17.2. The maximum atomic E-state index is 13.0. The lowest BCUT2D eigenvalue weighted by molar-refractivity contribution is 0.0525. The van der Waals surface area contributed by atoms with E-state index in [1.807, 2.05) is 29.7 Å². The number of ether oxygens (including phenoxy) is 4. The Morgan fingerprint density at radius 1 is 1.19 bits per heavy atom. The summed E-state index contributed by atoms with van der Waals surface area (Å²) in [6, 6.07) is 6.79. The highest BCUT2D eigenvalue weighted by Crippen LogP contribution is 2.39. The fourth-order valence-corrected chi connectivity index (χ4v) is 4.83. The quantitative estimate of drug-likeness (QED) is 0.175. The molecule has 0 radical (unpaired) electrons. The number of benzene rings is 1. The molecule has 0 N–H and O–H groups in total. The summed E-state index contributed by atoms with van der Waals surface area (Å²) < 4.78 is 25.2. The zero-order chi connectivity index (χ0) is 25.9. The molecule has 2 aromatic heterocycles. The van der Waals surface area contributed by atoms with E-state index in [0.29, 0.717) is 54.1 Å². The topological polar surface area (TPSA) is 84.7 Å². The molecule has 0 bridgehead atoms. The zero-order valence-electron chi connectivity index (χ0n) is 22.2. The number of aromatic nitrogens is 3. The predicted molar refractivity (Wildman–Crippen MR) is 143 cm³/mol. The van der Waals surface area contributed by atoms with Crippen LogP contribution in [0.15, 0.2) is 24.5 Å². The minimum Gasteiger partial charge on any atom is -0.497 e. The van der Waals surface area contributed by atoms with Gasteiger partial charge in [0, 0.05) is 32.0 Å². The smallest absolute Gasteiger partial charge is 0.342 e. The number of carbonyl (C=O) groups is 1. The average molecular weight is 512 g/mol. The van der Waals surface area contributed by atoms with Crippen LogP contribution in [0.2, 0.25) is 25.7 Å². The lowest BCUT2D eigenvalue weighted by Gasteiger charge is -2.17. The van der Waals surface area contributed by atoms with Crippen LogP contribution >= 0.6 is 0 Å². The van der Waals surface area contributed by atoms with Gasteiger partial charge in [-0.2, -0.15) is 0 Å². The van der Waals surface area contributed by atoms with E-state index in [4.69, 9.17) is 18.9 Å². The number of fused-ring (bicyclic) bond motifs is 1. The zero-order valence-corrected chi connectivity index (χ0v) is 23.2. The van der Waals surface area contributed by atoms with E-state index in [2.05, 4.69) is 29.6 Å². The third-order valence-corrected chi connectivity index (χ3v) is 8.11. The Hall–Kier alpha value is -2.91. The summed E-state index contributed by atoms with van der Waals surface area (Å²) in [7, 11) is 0.398. The van der Waals surface area contributed by atoms with E-state index in [-0.39, 0.29) is 6.61 Å². The van der Waals surface area contributed by atoms with Crippen molar-refractivity contribution >= 4 is 25.1 Å². The van der Waals surface area contributed by atoms with Crippen molar-refractivity contribution in [2.24, 2.45) is 5.92 Å². The van der Waals surface area contributed by atoms with E-state index < -0.39 is 14.0 Å². The van der Waals surface area contributed by atoms with E-state index >= 15 is 0 Å². The Bertz CT molecular complexity index is 1230. The molecule has 1 fully saturated rings. The molecule has 1 aromatic carbocycles. The minimum absolute atomic E-state index is 0.285. The van der Waals surface area contributed by atoms with Crippen LogP contribution in [0.25, 0.3) is 22.3 Å². The molecule has 8 nitrogen and oxygen atoms in total. The van der Waals surface area contributed by atoms with Gasteiger partial charge in [-0.15, -0.1) is 0 Å². The molecule has 4 rings (SSSR count). The Labute approximate surface area is 213 Å². The van der Waals surface area contributed by atoms with Gasteiger partial charge in [0.25, 0.3) is 0 Å². The largest absolute Gasteiger partial charge is 0.497 e. The second kappa shape index (κ2) is 11.0. The first-order valence-corrected chi connectivity index (χ1v) is 16.3. The summed E-state index contributed by atoms with van der Waals surface area (Å²) in [4.78, 5) is 22.2. The maximum absolute atomic E-state index is 13.0. The molecular weight excluding hydrogens is 474 g/mol. The van der Waals surface area contributed by atoms with Crippen LogP contribution in [-0.2, 0) is 16.2 Å². The van der Waals surface area contributed by atoms with Gasteiger partial charge in [-0.3, -0.25) is 0 Å². The van der Waals surface area contributed by atoms with Crippen LogP contribution in [0.1, 0.15) is 35.8 Å². The fourth-order valence-electron chi connectivity index (χ4n) is 4.07. The number of hydrogen-bond acceptors (Lipinski definition) is 7. The van der Waals surface area contributed by atoms with Gasteiger partial charge >= 0.3 is 5.97 Å². The molecule has 9 heteroatoms. The van der Waals surface area contributed by atoms with Crippen molar-refractivity contribution in [3.05, 3.63) is 35.8 Å². The Morgan fingerprint density at radius 3 is 2.64 bits per heavy atom. The summed E-state index contributed by atoms with van der Waals surface area (Å²) in [6.07, 6.45) is 3.87. The lowest BCUT2D eigenvalue weighted by Crippen LogP contribution is -2.22. The van der Waals surface area contributed by atoms with E-state index in [1.165, 1.54) is 19.2 Å². The van der Waals surface area contributed by atoms with Crippen LogP contribution in [0, 0.1) is 12.8 Å². The molecule has 1 saturated carbocycles. The van der Waals surface area contributed by atoms with Gasteiger partial charge in [-0.1, -0.05) is 19.6 Å². The number of nitrogens with zero attached hydrogens (tertiary/aromatic N) is 3. The van der Waals surface area contributed by atoms with Gasteiger partial charge in [-0.05, 0) is 50.8 Å². The Kier molecular flexibility index (Phi) is 7.99. The van der Waals surface area contributed by atoms with Crippen molar-refractivity contribution in [1.82, 2.24) is 14.5 Å². The summed E-state index contributed by atoms with van der Waals surface area (Å²) in [5, 5.41) is 0. The summed E-state index contributed by atoms with van der Waals surface area (Å²) in [5.41, 5.74) is 3.97. The number of hydrogen-bond donors (Lipinski definition) is 0. The summed E-state index contributed by atoms with van der Waals surface area (Å²) >= 11 is 0. The highest BCUT2D eigenvalue weighted by atomic mass is 28.3. The highest BCUT2D eigenvalue weighted by molar-refractivity contribution is 6.76. The molecule has 1 aliphatic carbocycles. The molecule has 0 aliphatic heterocycles. The van der Waals surface area contributed by atoms with E-state index in [1.54, 1.807) is 14.0 Å². The molecule has 2 heterocycles. The van der Waals surface area contributed by atoms with Gasteiger partial charge in [0.1, 0.15) is 41.3 Å². The number of rotatable bonds is 12. The molecule has 3 aromatic rings. The molecule has 0 amide bonds. The number of esters is 1. The van der Waals surface area contributed by atoms with Crippen molar-refractivity contribution in [3.63, 3.8) is 0 Å². The second-order valence-corrected chi connectivity index (χ2v) is 16.1. The van der Waals surface area contributed by atoms with Crippen LogP contribution < -0.4 is 9.47 Å². The molecule has 1 aliphatic rings. The standard InChI is InChI=1S/C27H37N3O5Si/c1-7-34-27(31)23-18(2)30(17-33-12-13-36(4,5)6)26-24(28-16-29-25(23)26)21-11-10-20(32-3)14-22(21)35-15-19-8-9-19/h10-11,14,16,19H,7-9,12-13,15,17H2,1-6H3. The molecule has 0 unspecified atom stereocenters. The SMILES string of the molecule is CCOC(=O)c1c(C)n(COCC[Si](C)(C)C)c2c(-c3ccc(OC)cc3OCC3CC3)ncnc12. The monoisotopic (exact) mass is 511 g/mol. The highest BCUT2D eigenvalue weighted by Gasteiger charge is 2.27. The molecule has 0 spiro atoms. The number of carbonyl (C=O) groups excluding carboxylic acids is 1. The average Bonchev–Trinajstić information content (AvgIpc) is 3.62. The molecule has 0 atom stereocenters. The van der Waals surface area contributed by atoms with E-state index in [0.717, 1.165) is 22.8 Å². The van der Waals surface area contributed by atoms with Gasteiger partial charge < -0.3 is 23.5 Å².